The van der Waals surface area contributed by atoms with Crippen molar-refractivity contribution in [3.8, 4) is 0 Å². The summed E-state index contributed by atoms with van der Waals surface area (Å²) in [6, 6.07) is 6.59. The highest BCUT2D eigenvalue weighted by Crippen LogP contribution is 2.45. The summed E-state index contributed by atoms with van der Waals surface area (Å²) in [5, 5.41) is 10.6. The Morgan fingerprint density at radius 1 is 1.25 bits per heavy atom. The van der Waals surface area contributed by atoms with Gasteiger partial charge in [-0.25, -0.2) is 0 Å². The quantitative estimate of drug-likeness (QED) is 0.913. The first kappa shape index (κ1) is 14.1. The second-order valence-electron chi connectivity index (χ2n) is 6.91. The van der Waals surface area contributed by atoms with Gasteiger partial charge in [-0.15, -0.1) is 0 Å². The summed E-state index contributed by atoms with van der Waals surface area (Å²) in [4.78, 5) is 0. The standard InChI is InChI=1S/C18H26O2/c1-13-8-14(2)10-15(9-13)11-17(19)16-4-7-20-18(12-16)5-3-6-18/h8-10,16-17,19H,3-7,11-12H2,1-2H3. The largest absolute Gasteiger partial charge is 0.392 e. The smallest absolute Gasteiger partial charge is 0.0686 e. The van der Waals surface area contributed by atoms with Gasteiger partial charge in [-0.2, -0.15) is 0 Å². The molecule has 20 heavy (non-hydrogen) atoms. The van der Waals surface area contributed by atoms with Crippen LogP contribution in [0.3, 0.4) is 0 Å². The van der Waals surface area contributed by atoms with Crippen LogP contribution in [-0.2, 0) is 11.2 Å². The molecule has 2 nitrogen and oxygen atoms in total. The third-order valence-corrected chi connectivity index (χ3v) is 5.07. The predicted octanol–water partition coefficient (Wildman–Crippen LogP) is 3.56. The number of aliphatic hydroxyl groups is 1. The molecule has 3 rings (SSSR count). The lowest BCUT2D eigenvalue weighted by atomic mass is 9.70. The molecule has 2 unspecified atom stereocenters. The van der Waals surface area contributed by atoms with Crippen LogP contribution >= 0.6 is 0 Å². The third kappa shape index (κ3) is 2.91. The fraction of sp³-hybridized carbons (Fsp3) is 0.667. The van der Waals surface area contributed by atoms with Crippen LogP contribution in [0.1, 0.15) is 48.8 Å². The summed E-state index contributed by atoms with van der Waals surface area (Å²) < 4.78 is 5.96. The lowest BCUT2D eigenvalue weighted by Crippen LogP contribution is -2.48. The summed E-state index contributed by atoms with van der Waals surface area (Å²) in [5.74, 6) is 0.407. The van der Waals surface area contributed by atoms with Crippen molar-refractivity contribution in [3.05, 3.63) is 34.9 Å². The van der Waals surface area contributed by atoms with Gasteiger partial charge in [0.25, 0.3) is 0 Å². The first-order chi connectivity index (χ1) is 9.56. The monoisotopic (exact) mass is 274 g/mol. The van der Waals surface area contributed by atoms with Crippen LogP contribution in [0.4, 0.5) is 0 Å². The number of hydrogen-bond donors (Lipinski definition) is 1. The van der Waals surface area contributed by atoms with Crippen LogP contribution < -0.4 is 0 Å². The highest BCUT2D eigenvalue weighted by Gasteiger charge is 2.43. The van der Waals surface area contributed by atoms with Crippen LogP contribution in [0, 0.1) is 19.8 Å². The van der Waals surface area contributed by atoms with Crippen LogP contribution in [0.5, 0.6) is 0 Å². The lowest BCUT2D eigenvalue weighted by Gasteiger charge is -2.48. The Labute approximate surface area is 122 Å². The second-order valence-corrected chi connectivity index (χ2v) is 6.91. The maximum atomic E-state index is 10.6. The average Bonchev–Trinajstić information content (AvgIpc) is 2.36. The van der Waals surface area contributed by atoms with Crippen molar-refractivity contribution >= 4 is 0 Å². The molecule has 110 valence electrons. The molecule has 0 aromatic heterocycles. The molecule has 1 aliphatic carbocycles. The van der Waals surface area contributed by atoms with E-state index in [1.165, 1.54) is 36.0 Å². The molecule has 2 atom stereocenters. The molecule has 1 N–H and O–H groups in total. The van der Waals surface area contributed by atoms with Gasteiger partial charge in [0.05, 0.1) is 11.7 Å². The molecular weight excluding hydrogens is 248 g/mol. The van der Waals surface area contributed by atoms with Gasteiger partial charge in [-0.3, -0.25) is 0 Å². The number of ether oxygens (including phenoxy) is 1. The molecule has 1 aliphatic heterocycles. The van der Waals surface area contributed by atoms with Gasteiger partial charge in [-0.1, -0.05) is 29.3 Å². The molecular formula is C18H26O2. The Balaban J connectivity index is 1.64. The highest BCUT2D eigenvalue weighted by atomic mass is 16.5. The van der Waals surface area contributed by atoms with Gasteiger partial charge in [-0.05, 0) is 63.9 Å². The van der Waals surface area contributed by atoms with Crippen molar-refractivity contribution in [3.63, 3.8) is 0 Å². The fourth-order valence-electron chi connectivity index (χ4n) is 3.91. The zero-order chi connectivity index (χ0) is 14.2. The Morgan fingerprint density at radius 2 is 1.95 bits per heavy atom. The van der Waals surface area contributed by atoms with E-state index in [9.17, 15) is 5.11 Å². The topological polar surface area (TPSA) is 29.5 Å². The second kappa shape index (κ2) is 5.50. The third-order valence-electron chi connectivity index (χ3n) is 5.07. The van der Waals surface area contributed by atoms with Crippen molar-refractivity contribution in [2.75, 3.05) is 6.61 Å². The minimum absolute atomic E-state index is 0.131. The number of aryl methyl sites for hydroxylation is 2. The van der Waals surface area contributed by atoms with Crippen LogP contribution in [0.15, 0.2) is 18.2 Å². The van der Waals surface area contributed by atoms with E-state index in [0.29, 0.717) is 5.92 Å². The molecule has 2 fully saturated rings. The summed E-state index contributed by atoms with van der Waals surface area (Å²) in [5.41, 5.74) is 3.97. The van der Waals surface area contributed by atoms with E-state index < -0.39 is 0 Å². The highest BCUT2D eigenvalue weighted by molar-refractivity contribution is 5.29. The number of aliphatic hydroxyl groups excluding tert-OH is 1. The molecule has 2 heteroatoms. The predicted molar refractivity (Wildman–Crippen MR) is 80.9 cm³/mol. The molecule has 1 spiro atoms. The molecule has 1 aromatic carbocycles. The molecule has 2 aliphatic rings. The summed E-state index contributed by atoms with van der Waals surface area (Å²) in [6.45, 7) is 5.08. The van der Waals surface area contributed by atoms with Gasteiger partial charge in [0.2, 0.25) is 0 Å². The Morgan fingerprint density at radius 3 is 2.55 bits per heavy atom. The van der Waals surface area contributed by atoms with Crippen LogP contribution in [-0.4, -0.2) is 23.4 Å². The Kier molecular flexibility index (Phi) is 3.87. The van der Waals surface area contributed by atoms with Gasteiger partial charge in [0, 0.05) is 6.61 Å². The van der Waals surface area contributed by atoms with E-state index in [4.69, 9.17) is 4.74 Å². The van der Waals surface area contributed by atoms with E-state index in [2.05, 4.69) is 32.0 Å². The molecule has 1 heterocycles. The molecule has 1 saturated heterocycles. The maximum Gasteiger partial charge on any atom is 0.0686 e. The lowest BCUT2D eigenvalue weighted by molar-refractivity contribution is -0.156. The number of benzene rings is 1. The summed E-state index contributed by atoms with van der Waals surface area (Å²) >= 11 is 0. The number of hydrogen-bond acceptors (Lipinski definition) is 2. The number of rotatable bonds is 3. The normalized spacial score (nSPS) is 26.2. The zero-order valence-electron chi connectivity index (χ0n) is 12.7. The van der Waals surface area contributed by atoms with E-state index in [-0.39, 0.29) is 11.7 Å². The first-order valence-corrected chi connectivity index (χ1v) is 7.96. The molecule has 0 amide bonds. The molecule has 1 aromatic rings. The SMILES string of the molecule is Cc1cc(C)cc(CC(O)C2CCOC3(CCC3)C2)c1. The Hall–Kier alpha value is -0.860. The zero-order valence-corrected chi connectivity index (χ0v) is 12.7. The van der Waals surface area contributed by atoms with Crippen molar-refractivity contribution in [2.24, 2.45) is 5.92 Å². The van der Waals surface area contributed by atoms with E-state index in [1.807, 2.05) is 0 Å². The molecule has 0 radical (unpaired) electrons. The van der Waals surface area contributed by atoms with Gasteiger partial charge < -0.3 is 9.84 Å². The van der Waals surface area contributed by atoms with Crippen LogP contribution in [0.2, 0.25) is 0 Å². The minimum atomic E-state index is -0.224. The van der Waals surface area contributed by atoms with Gasteiger partial charge in [0.15, 0.2) is 0 Å². The first-order valence-electron chi connectivity index (χ1n) is 7.96. The average molecular weight is 274 g/mol. The molecule has 1 saturated carbocycles. The van der Waals surface area contributed by atoms with Crippen molar-refractivity contribution in [1.82, 2.24) is 0 Å². The van der Waals surface area contributed by atoms with E-state index in [1.54, 1.807) is 0 Å². The van der Waals surface area contributed by atoms with Crippen molar-refractivity contribution < 1.29 is 9.84 Å². The van der Waals surface area contributed by atoms with Gasteiger partial charge in [0.1, 0.15) is 0 Å². The maximum absolute atomic E-state index is 10.6. The van der Waals surface area contributed by atoms with Crippen molar-refractivity contribution in [2.45, 2.75) is 64.1 Å². The summed E-state index contributed by atoms with van der Waals surface area (Å²) in [7, 11) is 0. The van der Waals surface area contributed by atoms with E-state index in [0.717, 1.165) is 25.9 Å². The van der Waals surface area contributed by atoms with E-state index >= 15 is 0 Å². The Bertz CT molecular complexity index is 456. The van der Waals surface area contributed by atoms with Gasteiger partial charge >= 0.3 is 0 Å². The molecule has 0 bridgehead atoms. The fourth-order valence-corrected chi connectivity index (χ4v) is 3.91. The van der Waals surface area contributed by atoms with Crippen molar-refractivity contribution in [1.29, 1.82) is 0 Å². The van der Waals surface area contributed by atoms with Crippen LogP contribution in [0.25, 0.3) is 0 Å². The summed E-state index contributed by atoms with van der Waals surface area (Å²) in [6.07, 6.45) is 6.30. The minimum Gasteiger partial charge on any atom is -0.392 e.